The van der Waals surface area contributed by atoms with E-state index in [1.165, 1.54) is 5.56 Å². The topological polar surface area (TPSA) is 47.3 Å². The van der Waals surface area contributed by atoms with Gasteiger partial charge in [-0.2, -0.15) is 5.26 Å². The first kappa shape index (κ1) is 17.5. The second-order valence-corrected chi connectivity index (χ2v) is 6.68. The van der Waals surface area contributed by atoms with Crippen LogP contribution >= 0.6 is 0 Å². The Morgan fingerprint density at radius 1 is 1.22 bits per heavy atom. The Morgan fingerprint density at radius 2 is 1.83 bits per heavy atom. The van der Waals surface area contributed by atoms with E-state index >= 15 is 0 Å². The molecule has 4 heteroatoms. The Kier molecular flexibility index (Phi) is 5.79. The summed E-state index contributed by atoms with van der Waals surface area (Å²) in [7, 11) is 3.76. The number of hydrogen-bond acceptors (Lipinski definition) is 3. The van der Waals surface area contributed by atoms with Gasteiger partial charge in [-0.15, -0.1) is 0 Å². The SMILES string of the molecule is C[C@H](C(=O)N(C)C1(C#N)CCCCC1)N(C)Cc1ccccc1. The molecule has 1 aliphatic rings. The van der Waals surface area contributed by atoms with Crippen molar-refractivity contribution >= 4 is 5.91 Å². The van der Waals surface area contributed by atoms with Gasteiger partial charge in [-0.3, -0.25) is 9.69 Å². The number of hydrogen-bond donors (Lipinski definition) is 0. The van der Waals surface area contributed by atoms with E-state index in [1.807, 2.05) is 37.1 Å². The standard InChI is InChI=1S/C19H27N3O/c1-16(21(2)14-17-10-6-4-7-11-17)18(23)22(3)19(15-20)12-8-5-9-13-19/h4,6-7,10-11,16H,5,8-9,12-14H2,1-3H3/t16-/m1/s1. The molecule has 0 spiro atoms. The fourth-order valence-electron chi connectivity index (χ4n) is 3.35. The lowest BCUT2D eigenvalue weighted by Gasteiger charge is -2.41. The molecule has 1 fully saturated rings. The number of amides is 1. The van der Waals surface area contributed by atoms with E-state index < -0.39 is 5.54 Å². The largest absolute Gasteiger partial charge is 0.326 e. The minimum atomic E-state index is -0.614. The van der Waals surface area contributed by atoms with Crippen molar-refractivity contribution in [2.24, 2.45) is 0 Å². The summed E-state index contributed by atoms with van der Waals surface area (Å²) in [5, 5.41) is 9.66. The summed E-state index contributed by atoms with van der Waals surface area (Å²) in [6.07, 6.45) is 4.80. The maximum Gasteiger partial charge on any atom is 0.240 e. The third-order valence-electron chi connectivity index (χ3n) is 5.15. The molecular formula is C19H27N3O. The highest BCUT2D eigenvalue weighted by atomic mass is 16.2. The minimum absolute atomic E-state index is 0.0341. The molecule has 124 valence electrons. The zero-order chi connectivity index (χ0) is 16.9. The molecule has 0 aromatic heterocycles. The van der Waals surface area contributed by atoms with Gasteiger partial charge in [0, 0.05) is 13.6 Å². The molecule has 1 saturated carbocycles. The van der Waals surface area contributed by atoms with Gasteiger partial charge in [0.05, 0.1) is 12.1 Å². The molecular weight excluding hydrogens is 286 g/mol. The van der Waals surface area contributed by atoms with Crippen LogP contribution in [-0.2, 0) is 11.3 Å². The van der Waals surface area contributed by atoms with Gasteiger partial charge in [0.15, 0.2) is 0 Å². The van der Waals surface area contributed by atoms with Crippen LogP contribution in [0.3, 0.4) is 0 Å². The molecule has 0 bridgehead atoms. The first-order valence-electron chi connectivity index (χ1n) is 8.43. The van der Waals surface area contributed by atoms with E-state index in [-0.39, 0.29) is 11.9 Å². The average Bonchev–Trinajstić information content (AvgIpc) is 2.61. The Balaban J connectivity index is 2.04. The lowest BCUT2D eigenvalue weighted by Crippen LogP contribution is -2.55. The summed E-state index contributed by atoms with van der Waals surface area (Å²) in [5.41, 5.74) is 0.571. The predicted molar refractivity (Wildman–Crippen MR) is 91.6 cm³/mol. The fraction of sp³-hybridized carbons (Fsp3) is 0.579. The van der Waals surface area contributed by atoms with Gasteiger partial charge in [-0.1, -0.05) is 49.6 Å². The molecule has 0 N–H and O–H groups in total. The first-order valence-corrected chi connectivity index (χ1v) is 8.43. The van der Waals surface area contributed by atoms with Gasteiger partial charge in [-0.05, 0) is 32.4 Å². The molecule has 1 aromatic rings. The third-order valence-corrected chi connectivity index (χ3v) is 5.15. The molecule has 0 aliphatic heterocycles. The molecule has 4 nitrogen and oxygen atoms in total. The number of rotatable bonds is 5. The lowest BCUT2D eigenvalue weighted by molar-refractivity contribution is -0.139. The number of likely N-dealkylation sites (N-methyl/N-ethyl adjacent to an activating group) is 2. The highest BCUT2D eigenvalue weighted by Crippen LogP contribution is 2.33. The van der Waals surface area contributed by atoms with E-state index in [1.54, 1.807) is 11.9 Å². The molecule has 1 atom stereocenters. The zero-order valence-electron chi connectivity index (χ0n) is 14.5. The summed E-state index contributed by atoms with van der Waals surface area (Å²) >= 11 is 0. The van der Waals surface area contributed by atoms with Crippen molar-refractivity contribution in [2.45, 2.75) is 57.2 Å². The van der Waals surface area contributed by atoms with Gasteiger partial charge in [0.1, 0.15) is 5.54 Å². The minimum Gasteiger partial charge on any atom is -0.326 e. The van der Waals surface area contributed by atoms with E-state index in [0.717, 1.165) is 38.6 Å². The van der Waals surface area contributed by atoms with Crippen molar-refractivity contribution in [3.8, 4) is 6.07 Å². The predicted octanol–water partition coefficient (Wildman–Crippen LogP) is 3.19. The molecule has 23 heavy (non-hydrogen) atoms. The number of carbonyl (C=O) groups is 1. The highest BCUT2D eigenvalue weighted by Gasteiger charge is 2.40. The monoisotopic (exact) mass is 313 g/mol. The molecule has 1 aromatic carbocycles. The van der Waals surface area contributed by atoms with Gasteiger partial charge in [-0.25, -0.2) is 0 Å². The quantitative estimate of drug-likeness (QED) is 0.838. The van der Waals surface area contributed by atoms with Crippen molar-refractivity contribution in [1.82, 2.24) is 9.80 Å². The molecule has 1 aliphatic carbocycles. The van der Waals surface area contributed by atoms with Crippen LogP contribution in [0.5, 0.6) is 0 Å². The third kappa shape index (κ3) is 3.92. The summed E-state index contributed by atoms with van der Waals surface area (Å²) in [4.78, 5) is 16.6. The number of nitriles is 1. The molecule has 0 heterocycles. The summed E-state index contributed by atoms with van der Waals surface area (Å²) < 4.78 is 0. The maximum absolute atomic E-state index is 12.9. The maximum atomic E-state index is 12.9. The smallest absolute Gasteiger partial charge is 0.240 e. The van der Waals surface area contributed by atoms with E-state index in [2.05, 4.69) is 18.2 Å². The normalized spacial score (nSPS) is 18.2. The van der Waals surface area contributed by atoms with Crippen LogP contribution in [0, 0.1) is 11.3 Å². The van der Waals surface area contributed by atoms with Crippen molar-refractivity contribution in [2.75, 3.05) is 14.1 Å². The number of nitrogens with zero attached hydrogens (tertiary/aromatic N) is 3. The Hall–Kier alpha value is -1.86. The number of benzene rings is 1. The van der Waals surface area contributed by atoms with Crippen LogP contribution in [0.4, 0.5) is 0 Å². The van der Waals surface area contributed by atoms with Gasteiger partial charge in [0.25, 0.3) is 0 Å². The summed E-state index contributed by atoms with van der Waals surface area (Å²) in [6, 6.07) is 12.3. The Morgan fingerprint density at radius 3 is 2.39 bits per heavy atom. The Labute approximate surface area is 139 Å². The fourth-order valence-corrected chi connectivity index (χ4v) is 3.35. The van der Waals surface area contributed by atoms with Crippen LogP contribution < -0.4 is 0 Å². The van der Waals surface area contributed by atoms with Crippen molar-refractivity contribution in [1.29, 1.82) is 5.26 Å². The molecule has 1 amide bonds. The van der Waals surface area contributed by atoms with Crippen LogP contribution in [-0.4, -0.2) is 41.4 Å². The van der Waals surface area contributed by atoms with E-state index in [0.29, 0.717) is 0 Å². The van der Waals surface area contributed by atoms with Crippen LogP contribution in [0.15, 0.2) is 30.3 Å². The van der Waals surface area contributed by atoms with Crippen molar-refractivity contribution < 1.29 is 4.79 Å². The highest BCUT2D eigenvalue weighted by molar-refractivity contribution is 5.82. The number of carbonyl (C=O) groups excluding carboxylic acids is 1. The van der Waals surface area contributed by atoms with Gasteiger partial charge in [0.2, 0.25) is 5.91 Å². The van der Waals surface area contributed by atoms with E-state index in [4.69, 9.17) is 0 Å². The second-order valence-electron chi connectivity index (χ2n) is 6.68. The zero-order valence-corrected chi connectivity index (χ0v) is 14.5. The van der Waals surface area contributed by atoms with Crippen molar-refractivity contribution in [3.63, 3.8) is 0 Å². The second kappa shape index (κ2) is 7.61. The molecule has 0 unspecified atom stereocenters. The van der Waals surface area contributed by atoms with Gasteiger partial charge < -0.3 is 4.90 Å². The Bertz CT molecular complexity index is 558. The van der Waals surface area contributed by atoms with Crippen LogP contribution in [0.25, 0.3) is 0 Å². The first-order chi connectivity index (χ1) is 11.0. The van der Waals surface area contributed by atoms with Crippen molar-refractivity contribution in [3.05, 3.63) is 35.9 Å². The van der Waals surface area contributed by atoms with Gasteiger partial charge >= 0.3 is 0 Å². The van der Waals surface area contributed by atoms with Crippen LogP contribution in [0.2, 0.25) is 0 Å². The molecule has 0 radical (unpaired) electrons. The summed E-state index contributed by atoms with van der Waals surface area (Å²) in [6.45, 7) is 2.65. The van der Waals surface area contributed by atoms with Crippen LogP contribution in [0.1, 0.15) is 44.6 Å². The van der Waals surface area contributed by atoms with E-state index in [9.17, 15) is 10.1 Å². The molecule has 0 saturated heterocycles. The summed E-state index contributed by atoms with van der Waals surface area (Å²) in [5.74, 6) is 0.0341. The average molecular weight is 313 g/mol. The molecule has 2 rings (SSSR count). The lowest BCUT2D eigenvalue weighted by atomic mass is 9.81.